The summed E-state index contributed by atoms with van der Waals surface area (Å²) < 4.78 is 5.53. The Labute approximate surface area is 222 Å². The molecule has 0 bridgehead atoms. The van der Waals surface area contributed by atoms with Crippen LogP contribution in [0.25, 0.3) is 22.3 Å². The lowest BCUT2D eigenvalue weighted by Crippen LogP contribution is -2.33. The third-order valence-corrected chi connectivity index (χ3v) is 7.21. The summed E-state index contributed by atoms with van der Waals surface area (Å²) >= 11 is 6.54. The van der Waals surface area contributed by atoms with E-state index in [4.69, 9.17) is 27.1 Å². The number of hydrogen-bond donors (Lipinski definition) is 1. The highest BCUT2D eigenvalue weighted by Crippen LogP contribution is 2.45. The van der Waals surface area contributed by atoms with E-state index >= 15 is 0 Å². The number of hydrogen-bond acceptors (Lipinski definition) is 5. The molecule has 1 heterocycles. The zero-order valence-corrected chi connectivity index (χ0v) is 21.9. The fourth-order valence-corrected chi connectivity index (χ4v) is 5.52. The fraction of sp³-hybridized carbons (Fsp3) is 0.300. The quantitative estimate of drug-likeness (QED) is 0.293. The van der Waals surface area contributed by atoms with Gasteiger partial charge >= 0.3 is 0 Å². The first-order valence-corrected chi connectivity index (χ1v) is 13.1. The first-order valence-electron chi connectivity index (χ1n) is 12.7. The molecule has 2 N–H and O–H groups in total. The number of fused-ring (bicyclic) bond motifs is 1. The highest BCUT2D eigenvalue weighted by Gasteiger charge is 2.33. The summed E-state index contributed by atoms with van der Waals surface area (Å²) in [7, 11) is 2.16. The van der Waals surface area contributed by atoms with Crippen molar-refractivity contribution in [3.05, 3.63) is 88.6 Å². The molecule has 1 fully saturated rings. The lowest BCUT2D eigenvalue weighted by Gasteiger charge is -2.38. The lowest BCUT2D eigenvalue weighted by molar-refractivity contribution is 0.0997. The van der Waals surface area contributed by atoms with E-state index in [1.165, 1.54) is 5.56 Å². The molecule has 0 saturated heterocycles. The van der Waals surface area contributed by atoms with Gasteiger partial charge in [-0.15, -0.1) is 0 Å². The Hall–Kier alpha value is -3.48. The summed E-state index contributed by atoms with van der Waals surface area (Å²) in [5.41, 5.74) is 9.82. The molecular weight excluding hydrogens is 484 g/mol. The molecule has 1 aromatic heterocycles. The van der Waals surface area contributed by atoms with Crippen molar-refractivity contribution in [3.63, 3.8) is 0 Å². The average Bonchev–Trinajstić information content (AvgIpc) is 2.86. The molecule has 6 nitrogen and oxygen atoms in total. The van der Waals surface area contributed by atoms with Crippen molar-refractivity contribution in [1.82, 2.24) is 14.9 Å². The standard InChI is InChI=1S/C30H31ClN4O2/c1-3-37-24-11-9-21(10-12-24)30-33-26-16-23(31)15-25(27(26)28(34-30)29(32)36)22-13-20(14-22)18-35(2)17-19-7-5-4-6-8-19/h4-12,15-16,20,22H,3,13-14,17-18H2,1-2H3,(H2,32,36). The third kappa shape index (κ3) is 5.60. The summed E-state index contributed by atoms with van der Waals surface area (Å²) in [6.45, 7) is 4.47. The molecule has 0 spiro atoms. The Bertz CT molecular complexity index is 1400. The van der Waals surface area contributed by atoms with Gasteiger partial charge in [0.2, 0.25) is 0 Å². The number of rotatable bonds is 9. The van der Waals surface area contributed by atoms with Crippen LogP contribution in [0.15, 0.2) is 66.7 Å². The summed E-state index contributed by atoms with van der Waals surface area (Å²) in [5, 5.41) is 1.31. The number of nitrogens with zero attached hydrogens (tertiary/aromatic N) is 3. The van der Waals surface area contributed by atoms with Gasteiger partial charge in [-0.1, -0.05) is 41.9 Å². The van der Waals surface area contributed by atoms with Crippen LogP contribution >= 0.6 is 11.6 Å². The molecule has 0 unspecified atom stereocenters. The minimum atomic E-state index is -0.568. The van der Waals surface area contributed by atoms with Gasteiger partial charge in [-0.25, -0.2) is 9.97 Å². The molecule has 190 valence electrons. The second-order valence-electron chi connectivity index (χ2n) is 9.82. The Morgan fingerprint density at radius 3 is 2.49 bits per heavy atom. The van der Waals surface area contributed by atoms with E-state index < -0.39 is 5.91 Å². The Balaban J connectivity index is 1.39. The van der Waals surface area contributed by atoms with Crippen molar-refractivity contribution in [1.29, 1.82) is 0 Å². The van der Waals surface area contributed by atoms with Crippen molar-refractivity contribution in [2.45, 2.75) is 32.2 Å². The number of amides is 1. The molecule has 0 atom stereocenters. The second kappa shape index (κ2) is 10.9. The number of carbonyl (C=O) groups excluding carboxylic acids is 1. The first-order chi connectivity index (χ1) is 17.9. The largest absolute Gasteiger partial charge is 0.494 e. The van der Waals surface area contributed by atoms with E-state index in [1.54, 1.807) is 6.07 Å². The van der Waals surface area contributed by atoms with E-state index in [0.717, 1.165) is 42.8 Å². The van der Waals surface area contributed by atoms with Crippen LogP contribution in [0.1, 0.15) is 47.3 Å². The molecule has 37 heavy (non-hydrogen) atoms. The normalized spacial score (nSPS) is 17.1. The Morgan fingerprint density at radius 2 is 1.81 bits per heavy atom. The van der Waals surface area contributed by atoms with Gasteiger partial charge in [-0.05, 0) is 86.2 Å². The van der Waals surface area contributed by atoms with Crippen LogP contribution in [0.3, 0.4) is 0 Å². The molecule has 7 heteroatoms. The molecular formula is C30H31ClN4O2. The smallest absolute Gasteiger partial charge is 0.268 e. The highest BCUT2D eigenvalue weighted by atomic mass is 35.5. The second-order valence-corrected chi connectivity index (χ2v) is 10.3. The molecule has 1 amide bonds. The molecule has 0 aliphatic heterocycles. The SMILES string of the molecule is CCOc1ccc(-c2nc(C(N)=O)c3c(C4CC(CN(C)Cc5ccccc5)C4)cc(Cl)cc3n2)cc1. The first kappa shape index (κ1) is 25.2. The molecule has 1 saturated carbocycles. The number of carbonyl (C=O) groups is 1. The van der Waals surface area contributed by atoms with Gasteiger partial charge in [-0.2, -0.15) is 0 Å². The van der Waals surface area contributed by atoms with Crippen molar-refractivity contribution in [3.8, 4) is 17.1 Å². The van der Waals surface area contributed by atoms with Gasteiger partial charge in [-0.3, -0.25) is 4.79 Å². The van der Waals surface area contributed by atoms with E-state index in [1.807, 2.05) is 43.3 Å². The van der Waals surface area contributed by atoms with Crippen LogP contribution in [-0.4, -0.2) is 41.0 Å². The number of nitrogens with two attached hydrogens (primary N) is 1. The van der Waals surface area contributed by atoms with Crippen LogP contribution in [0, 0.1) is 5.92 Å². The zero-order chi connectivity index (χ0) is 25.9. The molecule has 4 aromatic rings. The Morgan fingerprint density at radius 1 is 1.08 bits per heavy atom. The molecule has 0 radical (unpaired) electrons. The lowest BCUT2D eigenvalue weighted by atomic mass is 9.70. The van der Waals surface area contributed by atoms with Crippen molar-refractivity contribution in [2.75, 3.05) is 20.2 Å². The fourth-order valence-electron chi connectivity index (χ4n) is 5.30. The van der Waals surface area contributed by atoms with Crippen LogP contribution < -0.4 is 10.5 Å². The molecule has 1 aliphatic carbocycles. The Kier molecular flexibility index (Phi) is 7.40. The van der Waals surface area contributed by atoms with E-state index in [0.29, 0.717) is 34.3 Å². The van der Waals surface area contributed by atoms with Crippen molar-refractivity contribution in [2.24, 2.45) is 11.7 Å². The van der Waals surface area contributed by atoms with Crippen molar-refractivity contribution >= 4 is 28.4 Å². The summed E-state index contributed by atoms with van der Waals surface area (Å²) in [6.07, 6.45) is 2.04. The van der Waals surface area contributed by atoms with Gasteiger partial charge in [0.25, 0.3) is 5.91 Å². The predicted molar refractivity (Wildman–Crippen MR) is 148 cm³/mol. The van der Waals surface area contributed by atoms with E-state index in [-0.39, 0.29) is 11.6 Å². The summed E-state index contributed by atoms with van der Waals surface area (Å²) in [6, 6.07) is 21.7. The molecule has 3 aromatic carbocycles. The van der Waals surface area contributed by atoms with Crippen LogP contribution in [0.4, 0.5) is 0 Å². The van der Waals surface area contributed by atoms with Gasteiger partial charge in [0.1, 0.15) is 11.4 Å². The van der Waals surface area contributed by atoms with E-state index in [2.05, 4.69) is 41.2 Å². The average molecular weight is 515 g/mol. The van der Waals surface area contributed by atoms with Crippen molar-refractivity contribution < 1.29 is 9.53 Å². The third-order valence-electron chi connectivity index (χ3n) is 6.99. The predicted octanol–water partition coefficient (Wildman–Crippen LogP) is 6.07. The number of aromatic nitrogens is 2. The van der Waals surface area contributed by atoms with Gasteiger partial charge < -0.3 is 15.4 Å². The van der Waals surface area contributed by atoms with Crippen LogP contribution in [-0.2, 0) is 6.54 Å². The minimum Gasteiger partial charge on any atom is -0.494 e. The monoisotopic (exact) mass is 514 g/mol. The number of primary amides is 1. The maximum Gasteiger partial charge on any atom is 0.268 e. The maximum atomic E-state index is 12.6. The number of ether oxygens (including phenoxy) is 1. The number of halogens is 1. The highest BCUT2D eigenvalue weighted by molar-refractivity contribution is 6.31. The molecule has 5 rings (SSSR count). The zero-order valence-electron chi connectivity index (χ0n) is 21.2. The molecule has 1 aliphatic rings. The summed E-state index contributed by atoms with van der Waals surface area (Å²) in [5.74, 6) is 1.50. The summed E-state index contributed by atoms with van der Waals surface area (Å²) in [4.78, 5) is 24.3. The van der Waals surface area contributed by atoms with Gasteiger partial charge in [0.05, 0.1) is 12.1 Å². The van der Waals surface area contributed by atoms with Gasteiger partial charge in [0.15, 0.2) is 5.82 Å². The maximum absolute atomic E-state index is 12.6. The topological polar surface area (TPSA) is 81.3 Å². The van der Waals surface area contributed by atoms with Gasteiger partial charge in [0, 0.05) is 29.1 Å². The number of benzene rings is 3. The van der Waals surface area contributed by atoms with Crippen LogP contribution in [0.5, 0.6) is 5.75 Å². The van der Waals surface area contributed by atoms with Crippen LogP contribution in [0.2, 0.25) is 5.02 Å². The minimum absolute atomic E-state index is 0.241. The van der Waals surface area contributed by atoms with E-state index in [9.17, 15) is 4.79 Å².